The monoisotopic (exact) mass is 1040 g/mol. The second-order valence-corrected chi connectivity index (χ2v) is 20.5. The zero-order chi connectivity index (χ0) is 54.3. The topological polar surface area (TPSA) is 78.9 Å². The molecule has 0 heterocycles. The second-order valence-electron chi connectivity index (χ2n) is 20.5. The molecule has 6 nitrogen and oxygen atoms in total. The molecular weight excluding hydrogens is 925 g/mol. The van der Waals surface area contributed by atoms with Crippen LogP contribution in [0.2, 0.25) is 0 Å². The Hall–Kier alpha value is -3.93. The molecule has 0 bridgehead atoms. The van der Waals surface area contributed by atoms with Gasteiger partial charge in [0.1, 0.15) is 13.2 Å². The van der Waals surface area contributed by atoms with Crippen LogP contribution in [0.25, 0.3) is 0 Å². The highest BCUT2D eigenvalue weighted by Crippen LogP contribution is 2.16. The van der Waals surface area contributed by atoms with Crippen molar-refractivity contribution in [3.63, 3.8) is 0 Å². The predicted octanol–water partition coefficient (Wildman–Crippen LogP) is 21.4. The van der Waals surface area contributed by atoms with Crippen molar-refractivity contribution >= 4 is 17.9 Å². The van der Waals surface area contributed by atoms with Gasteiger partial charge in [-0.15, -0.1) is 0 Å². The van der Waals surface area contributed by atoms with Crippen LogP contribution in [-0.2, 0) is 28.6 Å². The molecule has 6 heteroatoms. The summed E-state index contributed by atoms with van der Waals surface area (Å²) in [6.07, 6.45) is 85.3. The van der Waals surface area contributed by atoms with E-state index in [1.807, 2.05) is 0 Å². The summed E-state index contributed by atoms with van der Waals surface area (Å²) in [6, 6.07) is 0. The van der Waals surface area contributed by atoms with Crippen LogP contribution in [0.4, 0.5) is 0 Å². The number of rotatable bonds is 56. The van der Waals surface area contributed by atoms with Gasteiger partial charge in [-0.1, -0.05) is 259 Å². The maximum absolute atomic E-state index is 12.9. The molecule has 0 spiro atoms. The summed E-state index contributed by atoms with van der Waals surface area (Å²) in [6.45, 7) is 6.37. The number of hydrogen-bond donors (Lipinski definition) is 0. The minimum Gasteiger partial charge on any atom is -0.462 e. The van der Waals surface area contributed by atoms with Gasteiger partial charge in [0.25, 0.3) is 0 Å². The molecule has 0 aliphatic carbocycles. The largest absolute Gasteiger partial charge is 0.462 e. The van der Waals surface area contributed by atoms with E-state index in [4.69, 9.17) is 14.2 Å². The van der Waals surface area contributed by atoms with Gasteiger partial charge in [0.05, 0.1) is 0 Å². The molecule has 0 saturated heterocycles. The van der Waals surface area contributed by atoms with E-state index >= 15 is 0 Å². The van der Waals surface area contributed by atoms with Crippen molar-refractivity contribution < 1.29 is 28.6 Å². The first kappa shape index (κ1) is 71.1. The Kier molecular flexibility index (Phi) is 59.3. The molecule has 0 fully saturated rings. The van der Waals surface area contributed by atoms with Crippen molar-refractivity contribution in [2.24, 2.45) is 0 Å². The molecule has 75 heavy (non-hydrogen) atoms. The van der Waals surface area contributed by atoms with Crippen LogP contribution in [-0.4, -0.2) is 37.2 Å². The van der Waals surface area contributed by atoms with Crippen molar-refractivity contribution in [3.8, 4) is 0 Å². The number of carbonyl (C=O) groups excluding carboxylic acids is 3. The van der Waals surface area contributed by atoms with Gasteiger partial charge in [-0.25, -0.2) is 0 Å². The zero-order valence-electron chi connectivity index (χ0n) is 49.0. The molecular formula is C69H116O6. The highest BCUT2D eigenvalue weighted by molar-refractivity contribution is 5.71. The van der Waals surface area contributed by atoms with Crippen LogP contribution < -0.4 is 0 Å². The number of esters is 3. The fourth-order valence-corrected chi connectivity index (χ4v) is 8.60. The van der Waals surface area contributed by atoms with Gasteiger partial charge in [-0.3, -0.25) is 14.4 Å². The van der Waals surface area contributed by atoms with Gasteiger partial charge < -0.3 is 14.2 Å². The molecule has 1 unspecified atom stereocenters. The minimum absolute atomic E-state index is 0.0979. The van der Waals surface area contributed by atoms with Gasteiger partial charge in [-0.05, 0) is 122 Å². The maximum atomic E-state index is 12.9. The molecule has 0 aliphatic rings. The van der Waals surface area contributed by atoms with Gasteiger partial charge in [0.15, 0.2) is 6.10 Å². The molecule has 0 rings (SSSR count). The molecule has 0 saturated carbocycles. The summed E-state index contributed by atoms with van der Waals surface area (Å²) in [7, 11) is 0. The number of hydrogen-bond acceptors (Lipinski definition) is 6. The lowest BCUT2D eigenvalue weighted by molar-refractivity contribution is -0.167. The summed E-state index contributed by atoms with van der Waals surface area (Å²) >= 11 is 0. The fourth-order valence-electron chi connectivity index (χ4n) is 8.60. The maximum Gasteiger partial charge on any atom is 0.306 e. The number of allylic oxidation sites excluding steroid dienone is 18. The van der Waals surface area contributed by atoms with Gasteiger partial charge in [0, 0.05) is 19.3 Å². The van der Waals surface area contributed by atoms with Crippen molar-refractivity contribution in [1.29, 1.82) is 0 Å². The third-order valence-corrected chi connectivity index (χ3v) is 13.2. The molecule has 0 radical (unpaired) electrons. The van der Waals surface area contributed by atoms with E-state index in [9.17, 15) is 14.4 Å². The van der Waals surface area contributed by atoms with E-state index in [1.54, 1.807) is 0 Å². The van der Waals surface area contributed by atoms with Crippen LogP contribution in [0.3, 0.4) is 0 Å². The molecule has 0 aromatic heterocycles. The summed E-state index contributed by atoms with van der Waals surface area (Å²) in [5.41, 5.74) is 0. The van der Waals surface area contributed by atoms with Crippen molar-refractivity contribution in [2.75, 3.05) is 13.2 Å². The second kappa shape index (κ2) is 62.6. The highest BCUT2D eigenvalue weighted by Gasteiger charge is 2.19. The summed E-state index contributed by atoms with van der Waals surface area (Å²) in [5.74, 6) is -0.948. The third-order valence-electron chi connectivity index (χ3n) is 13.2. The third kappa shape index (κ3) is 60.8. The lowest BCUT2D eigenvalue weighted by atomic mass is 10.0. The zero-order valence-corrected chi connectivity index (χ0v) is 49.0. The fraction of sp³-hybridized carbons (Fsp3) is 0.696. The first-order chi connectivity index (χ1) is 37.0. The van der Waals surface area contributed by atoms with Crippen LogP contribution in [0, 0.1) is 0 Å². The molecule has 0 N–H and O–H groups in total. The van der Waals surface area contributed by atoms with E-state index in [0.717, 1.165) is 128 Å². The van der Waals surface area contributed by atoms with Crippen LogP contribution in [0.5, 0.6) is 0 Å². The van der Waals surface area contributed by atoms with Crippen LogP contribution >= 0.6 is 0 Å². The van der Waals surface area contributed by atoms with E-state index in [1.165, 1.54) is 122 Å². The Morgan fingerprint density at radius 1 is 0.280 bits per heavy atom. The Labute approximate surface area is 463 Å². The lowest BCUT2D eigenvalue weighted by Crippen LogP contribution is -2.30. The molecule has 0 amide bonds. The Bertz CT molecular complexity index is 1520. The quantitative estimate of drug-likeness (QED) is 0.0261. The van der Waals surface area contributed by atoms with E-state index in [0.29, 0.717) is 19.3 Å². The molecule has 0 aliphatic heterocycles. The Balaban J connectivity index is 4.31. The SMILES string of the molecule is CC/C=C\C/C=C\C/C=C\C/C=C\CCCCCCC(=O)OC(COC(=O)CCCCC/C=C\C/C=C\C/C=C\CC)COC(=O)CCCCCCCCCCCCCCCCC/C=C\C/C=C\CCCCCCC. The standard InChI is InChI=1S/C69H116O6/c1-4-7-10-13-16-19-22-25-27-29-30-31-32-33-34-35-36-37-38-40-41-44-47-50-53-56-59-62-68(71)74-65-66(64-73-67(70)61-58-55-52-49-46-43-24-21-18-15-12-9-6-3)75-69(72)63-60-57-54-51-48-45-42-39-28-26-23-20-17-14-11-8-5-2/h8-9,11-12,17-18,20-22,25-26,28-30,42-43,45-46,66H,4-7,10,13-16,19,23-24,27,31-41,44,47-65H2,1-3H3/b11-8-,12-9-,20-17-,21-18-,25-22-,28-26-,30-29-,45-42-,46-43-. The van der Waals surface area contributed by atoms with E-state index in [2.05, 4.69) is 130 Å². The van der Waals surface area contributed by atoms with Crippen molar-refractivity contribution in [1.82, 2.24) is 0 Å². The molecule has 428 valence electrons. The van der Waals surface area contributed by atoms with E-state index in [-0.39, 0.29) is 31.1 Å². The first-order valence-electron chi connectivity index (χ1n) is 31.4. The summed E-state index contributed by atoms with van der Waals surface area (Å²) in [5, 5.41) is 0. The van der Waals surface area contributed by atoms with E-state index < -0.39 is 6.10 Å². The highest BCUT2D eigenvalue weighted by atomic mass is 16.6. The Morgan fingerprint density at radius 3 is 0.827 bits per heavy atom. The minimum atomic E-state index is -0.805. The Morgan fingerprint density at radius 2 is 0.520 bits per heavy atom. The first-order valence-corrected chi connectivity index (χ1v) is 31.4. The molecule has 1 atom stereocenters. The number of ether oxygens (including phenoxy) is 3. The van der Waals surface area contributed by atoms with Crippen LogP contribution in [0.15, 0.2) is 109 Å². The average molecular weight is 1040 g/mol. The van der Waals surface area contributed by atoms with Gasteiger partial charge >= 0.3 is 17.9 Å². The van der Waals surface area contributed by atoms with Gasteiger partial charge in [0.2, 0.25) is 0 Å². The normalized spacial score (nSPS) is 12.8. The van der Waals surface area contributed by atoms with Crippen LogP contribution in [0.1, 0.15) is 290 Å². The van der Waals surface area contributed by atoms with Crippen molar-refractivity contribution in [2.45, 2.75) is 297 Å². The summed E-state index contributed by atoms with van der Waals surface area (Å²) < 4.78 is 16.9. The predicted molar refractivity (Wildman–Crippen MR) is 325 cm³/mol. The lowest BCUT2D eigenvalue weighted by Gasteiger charge is -2.18. The van der Waals surface area contributed by atoms with Crippen molar-refractivity contribution in [3.05, 3.63) is 109 Å². The summed E-state index contributed by atoms with van der Waals surface area (Å²) in [4.78, 5) is 38.2. The average Bonchev–Trinajstić information content (AvgIpc) is 3.41. The van der Waals surface area contributed by atoms with Gasteiger partial charge in [-0.2, -0.15) is 0 Å². The molecule has 0 aromatic carbocycles. The number of unbranched alkanes of at least 4 members (excludes halogenated alkanes) is 27. The molecule has 0 aromatic rings. The number of carbonyl (C=O) groups is 3. The smallest absolute Gasteiger partial charge is 0.306 e.